The lowest BCUT2D eigenvalue weighted by atomic mass is 9.98. The number of hydrogen-bond donors (Lipinski definition) is 0. The van der Waals surface area contributed by atoms with E-state index < -0.39 is 0 Å². The van der Waals surface area contributed by atoms with Crippen molar-refractivity contribution < 1.29 is 4.79 Å². The van der Waals surface area contributed by atoms with E-state index in [2.05, 4.69) is 24.0 Å². The van der Waals surface area contributed by atoms with E-state index in [9.17, 15) is 4.79 Å². The van der Waals surface area contributed by atoms with Crippen LogP contribution in [0.5, 0.6) is 0 Å². The second-order valence-corrected chi connectivity index (χ2v) is 3.86. The van der Waals surface area contributed by atoms with Gasteiger partial charge in [-0.15, -0.1) is 0 Å². The molecule has 0 spiro atoms. The van der Waals surface area contributed by atoms with Gasteiger partial charge in [0.1, 0.15) is 6.29 Å². The molecular weight excluding hydrogens is 200 g/mol. The number of benzene rings is 1. The average Bonchev–Trinajstić information content (AvgIpc) is 2.83. The number of hydrogen-bond acceptors (Lipinski definition) is 2. The molecule has 1 atom stereocenters. The van der Waals surface area contributed by atoms with Gasteiger partial charge in [-0.1, -0.05) is 19.1 Å². The second-order valence-electron chi connectivity index (χ2n) is 3.86. The zero-order valence-electron chi connectivity index (χ0n) is 9.21. The fourth-order valence-corrected chi connectivity index (χ4v) is 1.67. The third-order valence-corrected chi connectivity index (χ3v) is 2.71. The minimum absolute atomic E-state index is 0.286. The second kappa shape index (κ2) is 4.75. The molecule has 3 heteroatoms. The van der Waals surface area contributed by atoms with Crippen molar-refractivity contribution >= 4 is 6.29 Å². The molecule has 0 saturated carbocycles. The molecule has 82 valence electrons. The van der Waals surface area contributed by atoms with Crippen molar-refractivity contribution in [2.24, 2.45) is 0 Å². The van der Waals surface area contributed by atoms with Crippen molar-refractivity contribution in [3.05, 3.63) is 48.5 Å². The summed E-state index contributed by atoms with van der Waals surface area (Å²) in [7, 11) is 0. The summed E-state index contributed by atoms with van der Waals surface area (Å²) in [5, 5.41) is 0. The SMILES string of the molecule is CC(CC=O)c1ccc(-n2ccnc2)cc1. The summed E-state index contributed by atoms with van der Waals surface area (Å²) in [5.74, 6) is 0.286. The van der Waals surface area contributed by atoms with E-state index in [0.29, 0.717) is 6.42 Å². The highest BCUT2D eigenvalue weighted by atomic mass is 16.1. The Labute approximate surface area is 94.7 Å². The number of carbonyl (C=O) groups is 1. The van der Waals surface area contributed by atoms with Gasteiger partial charge in [0.25, 0.3) is 0 Å². The van der Waals surface area contributed by atoms with Gasteiger partial charge in [-0.3, -0.25) is 0 Å². The predicted molar refractivity (Wildman–Crippen MR) is 62.7 cm³/mol. The fourth-order valence-electron chi connectivity index (χ4n) is 1.67. The lowest BCUT2D eigenvalue weighted by molar-refractivity contribution is -0.108. The predicted octanol–water partition coefficient (Wildman–Crippen LogP) is 2.56. The van der Waals surface area contributed by atoms with Crippen LogP contribution in [0.1, 0.15) is 24.8 Å². The molecular formula is C13H14N2O. The van der Waals surface area contributed by atoms with Gasteiger partial charge in [-0.05, 0) is 23.6 Å². The van der Waals surface area contributed by atoms with Gasteiger partial charge >= 0.3 is 0 Å². The van der Waals surface area contributed by atoms with Crippen LogP contribution in [0.15, 0.2) is 43.0 Å². The Morgan fingerprint density at radius 2 is 2.12 bits per heavy atom. The Kier molecular flexibility index (Phi) is 3.15. The summed E-state index contributed by atoms with van der Waals surface area (Å²) < 4.78 is 1.95. The molecule has 0 N–H and O–H groups in total. The van der Waals surface area contributed by atoms with E-state index in [-0.39, 0.29) is 5.92 Å². The van der Waals surface area contributed by atoms with E-state index in [1.54, 1.807) is 12.5 Å². The molecule has 1 heterocycles. The molecule has 1 aromatic heterocycles. The molecule has 16 heavy (non-hydrogen) atoms. The van der Waals surface area contributed by atoms with Gasteiger partial charge in [0.2, 0.25) is 0 Å². The van der Waals surface area contributed by atoms with Crippen molar-refractivity contribution in [2.75, 3.05) is 0 Å². The number of aldehydes is 1. The Hall–Kier alpha value is -1.90. The molecule has 0 aliphatic heterocycles. The largest absolute Gasteiger partial charge is 0.306 e. The van der Waals surface area contributed by atoms with Gasteiger partial charge in [0.15, 0.2) is 0 Å². The normalized spacial score (nSPS) is 12.3. The Balaban J connectivity index is 2.19. The first kappa shape index (κ1) is 10.6. The Morgan fingerprint density at radius 1 is 1.38 bits per heavy atom. The zero-order valence-corrected chi connectivity index (χ0v) is 9.21. The number of aromatic nitrogens is 2. The first-order chi connectivity index (χ1) is 7.81. The first-order valence-electron chi connectivity index (χ1n) is 5.33. The monoisotopic (exact) mass is 214 g/mol. The third kappa shape index (κ3) is 2.19. The number of carbonyl (C=O) groups excluding carboxylic acids is 1. The van der Waals surface area contributed by atoms with Gasteiger partial charge in [0, 0.05) is 24.5 Å². The number of rotatable bonds is 4. The quantitative estimate of drug-likeness (QED) is 0.733. The van der Waals surface area contributed by atoms with Gasteiger partial charge < -0.3 is 9.36 Å². The van der Waals surface area contributed by atoms with Gasteiger partial charge in [0.05, 0.1) is 6.33 Å². The summed E-state index contributed by atoms with van der Waals surface area (Å²) in [6, 6.07) is 8.20. The topological polar surface area (TPSA) is 34.9 Å². The van der Waals surface area contributed by atoms with Crippen LogP contribution >= 0.6 is 0 Å². The van der Waals surface area contributed by atoms with Crippen LogP contribution in [0.25, 0.3) is 5.69 Å². The molecule has 0 radical (unpaired) electrons. The third-order valence-electron chi connectivity index (χ3n) is 2.71. The molecule has 0 amide bonds. The zero-order chi connectivity index (χ0) is 11.4. The molecule has 3 nitrogen and oxygen atoms in total. The van der Waals surface area contributed by atoms with Crippen LogP contribution in [-0.2, 0) is 4.79 Å². The van der Waals surface area contributed by atoms with E-state index in [1.807, 2.05) is 22.9 Å². The summed E-state index contributed by atoms with van der Waals surface area (Å²) in [4.78, 5) is 14.4. The smallest absolute Gasteiger partial charge is 0.120 e. The fraction of sp³-hybridized carbons (Fsp3) is 0.231. The maximum absolute atomic E-state index is 10.4. The van der Waals surface area contributed by atoms with E-state index in [1.165, 1.54) is 5.56 Å². The van der Waals surface area contributed by atoms with E-state index >= 15 is 0 Å². The van der Waals surface area contributed by atoms with Gasteiger partial charge in [-0.25, -0.2) is 4.98 Å². The summed E-state index contributed by atoms with van der Waals surface area (Å²) in [6.07, 6.45) is 6.97. The van der Waals surface area contributed by atoms with Crippen LogP contribution in [0.2, 0.25) is 0 Å². The molecule has 0 aliphatic carbocycles. The Bertz CT molecular complexity index is 445. The van der Waals surface area contributed by atoms with Crippen LogP contribution in [-0.4, -0.2) is 15.8 Å². The molecule has 0 bridgehead atoms. The highest BCUT2D eigenvalue weighted by Crippen LogP contribution is 2.19. The van der Waals surface area contributed by atoms with Crippen molar-refractivity contribution in [3.63, 3.8) is 0 Å². The van der Waals surface area contributed by atoms with E-state index in [4.69, 9.17) is 0 Å². The maximum Gasteiger partial charge on any atom is 0.120 e. The van der Waals surface area contributed by atoms with Crippen LogP contribution in [0, 0.1) is 0 Å². The van der Waals surface area contributed by atoms with Crippen LogP contribution in [0.3, 0.4) is 0 Å². The molecule has 0 saturated heterocycles. The summed E-state index contributed by atoms with van der Waals surface area (Å²) >= 11 is 0. The molecule has 0 aliphatic rings. The average molecular weight is 214 g/mol. The minimum atomic E-state index is 0.286. The molecule has 0 fully saturated rings. The molecule has 2 aromatic rings. The standard InChI is InChI=1S/C13H14N2O/c1-11(6-9-16)12-2-4-13(5-3-12)15-8-7-14-10-15/h2-5,7-11H,6H2,1H3. The lowest BCUT2D eigenvalue weighted by Gasteiger charge is -2.09. The number of imidazole rings is 1. The number of nitrogens with zero attached hydrogens (tertiary/aromatic N) is 2. The Morgan fingerprint density at radius 3 is 2.69 bits per heavy atom. The maximum atomic E-state index is 10.4. The lowest BCUT2D eigenvalue weighted by Crippen LogP contribution is -1.95. The molecule has 1 unspecified atom stereocenters. The van der Waals surface area contributed by atoms with E-state index in [0.717, 1.165) is 12.0 Å². The summed E-state index contributed by atoms with van der Waals surface area (Å²) in [5.41, 5.74) is 2.27. The molecule has 1 aromatic carbocycles. The van der Waals surface area contributed by atoms with Crippen LogP contribution < -0.4 is 0 Å². The van der Waals surface area contributed by atoms with Crippen molar-refractivity contribution in [1.29, 1.82) is 0 Å². The highest BCUT2D eigenvalue weighted by molar-refractivity contribution is 5.51. The van der Waals surface area contributed by atoms with Gasteiger partial charge in [-0.2, -0.15) is 0 Å². The van der Waals surface area contributed by atoms with Crippen molar-refractivity contribution in [1.82, 2.24) is 9.55 Å². The van der Waals surface area contributed by atoms with Crippen LogP contribution in [0.4, 0.5) is 0 Å². The van der Waals surface area contributed by atoms with Crippen molar-refractivity contribution in [3.8, 4) is 5.69 Å². The molecule has 2 rings (SSSR count). The summed E-state index contributed by atoms with van der Waals surface area (Å²) in [6.45, 7) is 2.06. The minimum Gasteiger partial charge on any atom is -0.306 e. The highest BCUT2D eigenvalue weighted by Gasteiger charge is 2.04. The van der Waals surface area contributed by atoms with Crippen molar-refractivity contribution in [2.45, 2.75) is 19.3 Å². The first-order valence-corrected chi connectivity index (χ1v) is 5.33.